The maximum absolute atomic E-state index is 10.7. The minimum absolute atomic E-state index is 0. The summed E-state index contributed by atoms with van der Waals surface area (Å²) in [7, 11) is 3.11. The number of ether oxygens (including phenoxy) is 2. The molecule has 0 saturated carbocycles. The van der Waals surface area contributed by atoms with Crippen molar-refractivity contribution >= 4 is 29.3 Å². The minimum atomic E-state index is -0.391. The van der Waals surface area contributed by atoms with Gasteiger partial charge in [0.2, 0.25) is 5.24 Å². The van der Waals surface area contributed by atoms with Crippen molar-refractivity contribution in [3.63, 3.8) is 0 Å². The fourth-order valence-electron chi connectivity index (χ4n) is 1.15. The second kappa shape index (κ2) is 6.53. The predicted octanol–water partition coefficient (Wildman–Crippen LogP) is 2.43. The van der Waals surface area contributed by atoms with Crippen molar-refractivity contribution in [1.29, 1.82) is 0 Å². The number of hydrogen-bond donors (Lipinski definition) is 0. The minimum Gasteiger partial charge on any atom is -0.493 e. The van der Waals surface area contributed by atoms with E-state index in [-0.39, 0.29) is 18.8 Å². The molecule has 0 aliphatic rings. The number of carbonyl (C=O) groups is 1. The molecule has 0 saturated heterocycles. The van der Waals surface area contributed by atoms with E-state index in [9.17, 15) is 4.79 Å². The molecule has 0 atom stereocenters. The number of rotatable bonds is 4. The molecule has 0 bridgehead atoms. The van der Waals surface area contributed by atoms with E-state index in [0.29, 0.717) is 11.5 Å². The van der Waals surface area contributed by atoms with E-state index in [2.05, 4.69) is 0 Å². The van der Waals surface area contributed by atoms with Crippen LogP contribution in [0.25, 0.3) is 0 Å². The average molecular weight is 251 g/mol. The molecule has 0 radical (unpaired) electrons. The van der Waals surface area contributed by atoms with Crippen LogP contribution in [0, 0.1) is 0 Å². The zero-order valence-electron chi connectivity index (χ0n) is 8.45. The van der Waals surface area contributed by atoms with Crippen LogP contribution in [0.1, 0.15) is 5.56 Å². The van der Waals surface area contributed by atoms with E-state index >= 15 is 0 Å². The lowest BCUT2D eigenvalue weighted by Crippen LogP contribution is -1.96. The lowest BCUT2D eigenvalue weighted by atomic mass is 10.1. The van der Waals surface area contributed by atoms with E-state index in [1.165, 1.54) is 0 Å². The highest BCUT2D eigenvalue weighted by atomic mass is 35.5. The number of methoxy groups -OCH3 is 2. The summed E-state index contributed by atoms with van der Waals surface area (Å²) in [5.41, 5.74) is 0.808. The van der Waals surface area contributed by atoms with Gasteiger partial charge in [-0.2, -0.15) is 0 Å². The van der Waals surface area contributed by atoms with Crippen molar-refractivity contribution in [2.75, 3.05) is 14.2 Å². The highest BCUT2D eigenvalue weighted by Gasteiger charge is 2.06. The molecule has 1 aromatic rings. The molecular formula is C10H12Cl2O3. The van der Waals surface area contributed by atoms with Gasteiger partial charge in [-0.05, 0) is 29.3 Å². The molecule has 0 unspecified atom stereocenters. The third kappa shape index (κ3) is 3.98. The van der Waals surface area contributed by atoms with Gasteiger partial charge in [-0.25, -0.2) is 0 Å². The Kier molecular flexibility index (Phi) is 6.13. The highest BCUT2D eigenvalue weighted by Crippen LogP contribution is 2.27. The first-order chi connectivity index (χ1) is 6.67. The Bertz CT molecular complexity index is 339. The van der Waals surface area contributed by atoms with Crippen molar-refractivity contribution in [2.45, 2.75) is 6.42 Å². The molecule has 0 amide bonds. The van der Waals surface area contributed by atoms with Gasteiger partial charge in [0.15, 0.2) is 11.5 Å². The van der Waals surface area contributed by atoms with E-state index < -0.39 is 5.24 Å². The van der Waals surface area contributed by atoms with Crippen molar-refractivity contribution in [3.8, 4) is 11.5 Å². The molecule has 0 spiro atoms. The molecule has 0 aromatic heterocycles. The largest absolute Gasteiger partial charge is 0.493 e. The van der Waals surface area contributed by atoms with Crippen LogP contribution < -0.4 is 9.47 Å². The smallest absolute Gasteiger partial charge is 0.226 e. The molecule has 1 rings (SSSR count). The van der Waals surface area contributed by atoms with Crippen LogP contribution >= 0.6 is 24.0 Å². The zero-order chi connectivity index (χ0) is 10.6. The molecule has 0 fully saturated rings. The molecule has 1 aromatic carbocycles. The maximum atomic E-state index is 10.7. The summed E-state index contributed by atoms with van der Waals surface area (Å²) in [6.07, 6.45) is 0.196. The van der Waals surface area contributed by atoms with E-state index in [1.54, 1.807) is 32.4 Å². The summed E-state index contributed by atoms with van der Waals surface area (Å²) < 4.78 is 10.1. The van der Waals surface area contributed by atoms with Crippen LogP contribution in [0.2, 0.25) is 0 Å². The van der Waals surface area contributed by atoms with Crippen molar-refractivity contribution < 1.29 is 14.3 Å². The Balaban J connectivity index is 0.00000196. The predicted molar refractivity (Wildman–Crippen MR) is 61.4 cm³/mol. The van der Waals surface area contributed by atoms with Crippen LogP contribution in [0.15, 0.2) is 18.2 Å². The summed E-state index contributed by atoms with van der Waals surface area (Å²) in [5.74, 6) is 1.24. The maximum Gasteiger partial charge on any atom is 0.226 e. The van der Waals surface area contributed by atoms with Gasteiger partial charge in [-0.3, -0.25) is 4.79 Å². The summed E-state index contributed by atoms with van der Waals surface area (Å²) in [5, 5.41) is -0.391. The van der Waals surface area contributed by atoms with Gasteiger partial charge in [0.05, 0.1) is 14.2 Å². The normalized spacial score (nSPS) is 9.00. The quantitative estimate of drug-likeness (QED) is 0.771. The second-order valence-corrected chi connectivity index (χ2v) is 3.14. The third-order valence-corrected chi connectivity index (χ3v) is 1.92. The molecule has 5 heteroatoms. The number of hydrogen-bond acceptors (Lipinski definition) is 3. The zero-order valence-corrected chi connectivity index (χ0v) is 10.0. The van der Waals surface area contributed by atoms with Crippen LogP contribution in [-0.2, 0) is 11.2 Å². The van der Waals surface area contributed by atoms with Crippen LogP contribution in [0.4, 0.5) is 0 Å². The fraction of sp³-hybridized carbons (Fsp3) is 0.300. The molecule has 84 valence electrons. The molecule has 15 heavy (non-hydrogen) atoms. The van der Waals surface area contributed by atoms with Gasteiger partial charge in [-0.15, -0.1) is 12.4 Å². The van der Waals surface area contributed by atoms with Crippen LogP contribution in [0.5, 0.6) is 11.5 Å². The first kappa shape index (κ1) is 14.1. The second-order valence-electron chi connectivity index (χ2n) is 2.72. The molecule has 0 heterocycles. The Morgan fingerprint density at radius 1 is 1.27 bits per heavy atom. The molecule has 0 N–H and O–H groups in total. The van der Waals surface area contributed by atoms with Gasteiger partial charge < -0.3 is 9.47 Å². The first-order valence-electron chi connectivity index (χ1n) is 4.06. The Hall–Kier alpha value is -0.930. The lowest BCUT2D eigenvalue weighted by Gasteiger charge is -2.08. The van der Waals surface area contributed by atoms with Crippen molar-refractivity contribution in [3.05, 3.63) is 23.8 Å². The number of halogens is 2. The topological polar surface area (TPSA) is 35.5 Å². The first-order valence-corrected chi connectivity index (χ1v) is 4.44. The number of benzene rings is 1. The van der Waals surface area contributed by atoms with Gasteiger partial charge >= 0.3 is 0 Å². The molecule has 0 aliphatic heterocycles. The summed E-state index contributed by atoms with van der Waals surface area (Å²) in [6, 6.07) is 5.26. The molecule has 3 nitrogen and oxygen atoms in total. The van der Waals surface area contributed by atoms with E-state index in [1.807, 2.05) is 0 Å². The Labute approximate surface area is 99.7 Å². The van der Waals surface area contributed by atoms with Gasteiger partial charge in [-0.1, -0.05) is 6.07 Å². The molecule has 0 aliphatic carbocycles. The lowest BCUT2D eigenvalue weighted by molar-refractivity contribution is -0.111. The summed E-state index contributed by atoms with van der Waals surface area (Å²) in [4.78, 5) is 10.7. The number of carbonyl (C=O) groups excluding carboxylic acids is 1. The van der Waals surface area contributed by atoms with Gasteiger partial charge in [0.25, 0.3) is 0 Å². The van der Waals surface area contributed by atoms with Crippen molar-refractivity contribution in [1.82, 2.24) is 0 Å². The van der Waals surface area contributed by atoms with E-state index in [0.717, 1.165) is 5.56 Å². The SMILES string of the molecule is COc1ccc(CC(=O)Cl)cc1OC.Cl. The molecular weight excluding hydrogens is 239 g/mol. The van der Waals surface area contributed by atoms with E-state index in [4.69, 9.17) is 21.1 Å². The fourth-order valence-corrected chi connectivity index (χ4v) is 1.31. The Morgan fingerprint density at radius 2 is 1.87 bits per heavy atom. The Morgan fingerprint density at radius 3 is 2.33 bits per heavy atom. The monoisotopic (exact) mass is 250 g/mol. The van der Waals surface area contributed by atoms with Crippen LogP contribution in [0.3, 0.4) is 0 Å². The summed E-state index contributed by atoms with van der Waals surface area (Å²) in [6.45, 7) is 0. The standard InChI is InChI=1S/C10H11ClO3.ClH/c1-13-8-4-3-7(6-10(11)12)5-9(8)14-2;/h3-5H,6H2,1-2H3;1H. The highest BCUT2D eigenvalue weighted by molar-refractivity contribution is 6.63. The average Bonchev–Trinajstić information content (AvgIpc) is 2.16. The van der Waals surface area contributed by atoms with Gasteiger partial charge in [0.1, 0.15) is 0 Å². The van der Waals surface area contributed by atoms with Gasteiger partial charge in [0, 0.05) is 6.42 Å². The third-order valence-electron chi connectivity index (χ3n) is 1.79. The van der Waals surface area contributed by atoms with Crippen molar-refractivity contribution in [2.24, 2.45) is 0 Å². The van der Waals surface area contributed by atoms with Crippen LogP contribution in [-0.4, -0.2) is 19.5 Å². The summed E-state index contributed by atoms with van der Waals surface area (Å²) >= 11 is 5.27.